The molecule has 0 fully saturated rings. The monoisotopic (exact) mass is 534 g/mol. The number of halogens is 2. The van der Waals surface area contributed by atoms with E-state index in [1.165, 1.54) is 41.4 Å². The van der Waals surface area contributed by atoms with Gasteiger partial charge < -0.3 is 15.4 Å². The Hall–Kier alpha value is -3.18. The molecular weight excluding hydrogens is 515 g/mol. The fraction of sp³-hybridized carbons (Fsp3) is 0.174. The van der Waals surface area contributed by atoms with E-state index in [2.05, 4.69) is 9.71 Å². The van der Waals surface area contributed by atoms with Gasteiger partial charge in [0, 0.05) is 11.2 Å². The Bertz CT molecular complexity index is 1450. The molecule has 3 N–H and O–H groups in total. The standard InChI is InChI=1S/C23H20Cl2N4O5S/c1-13-9-15(5-6-17(13)25)35(32,33)28-18-10-14(24)12-27-21(18)22(31)16-3-2-4-19-23(16)34-8-7-29(19)20(30)11-26/h2-6,9-10,12,28H,7-8,11,26H2,1H3. The number of anilines is 2. The van der Waals surface area contributed by atoms with Gasteiger partial charge in [-0.15, -0.1) is 0 Å². The third kappa shape index (κ3) is 4.96. The lowest BCUT2D eigenvalue weighted by atomic mass is 10.0. The summed E-state index contributed by atoms with van der Waals surface area (Å²) >= 11 is 12.1. The number of rotatable bonds is 6. The summed E-state index contributed by atoms with van der Waals surface area (Å²) in [7, 11) is -4.11. The molecule has 0 radical (unpaired) electrons. The van der Waals surface area contributed by atoms with Gasteiger partial charge in [0.05, 0.1) is 39.9 Å². The van der Waals surface area contributed by atoms with Crippen LogP contribution in [0.15, 0.2) is 53.6 Å². The molecule has 0 unspecified atom stereocenters. The number of benzene rings is 2. The molecule has 3 aromatic rings. The fourth-order valence-electron chi connectivity index (χ4n) is 3.61. The third-order valence-electron chi connectivity index (χ3n) is 5.32. The lowest BCUT2D eigenvalue weighted by Gasteiger charge is -2.30. The fourth-order valence-corrected chi connectivity index (χ4v) is 5.03. The van der Waals surface area contributed by atoms with Crippen LogP contribution in [0.1, 0.15) is 21.6 Å². The molecule has 1 aromatic heterocycles. The van der Waals surface area contributed by atoms with Gasteiger partial charge in [0.2, 0.25) is 11.7 Å². The predicted octanol–water partition coefficient (Wildman–Crippen LogP) is 3.41. The van der Waals surface area contributed by atoms with Crippen molar-refractivity contribution in [3.05, 3.63) is 75.5 Å². The van der Waals surface area contributed by atoms with Crippen LogP contribution in [0.25, 0.3) is 0 Å². The summed E-state index contributed by atoms with van der Waals surface area (Å²) in [5, 5.41) is 0.540. The number of nitrogens with one attached hydrogen (secondary N) is 1. The summed E-state index contributed by atoms with van der Waals surface area (Å²) in [6.07, 6.45) is 1.24. The van der Waals surface area contributed by atoms with Crippen molar-refractivity contribution in [2.75, 3.05) is 29.3 Å². The van der Waals surface area contributed by atoms with Gasteiger partial charge in [-0.1, -0.05) is 29.3 Å². The summed E-state index contributed by atoms with van der Waals surface area (Å²) in [4.78, 5) is 31.3. The maximum atomic E-state index is 13.6. The number of sulfonamides is 1. The van der Waals surface area contributed by atoms with Crippen LogP contribution in [0, 0.1) is 6.92 Å². The highest BCUT2D eigenvalue weighted by Gasteiger charge is 2.29. The number of aromatic nitrogens is 1. The van der Waals surface area contributed by atoms with Gasteiger partial charge in [-0.05, 0) is 48.9 Å². The smallest absolute Gasteiger partial charge is 0.261 e. The van der Waals surface area contributed by atoms with E-state index in [9.17, 15) is 18.0 Å². The number of carbonyl (C=O) groups is 2. The van der Waals surface area contributed by atoms with E-state index in [1.807, 2.05) is 0 Å². The van der Waals surface area contributed by atoms with Crippen LogP contribution in [0.2, 0.25) is 10.0 Å². The first-order chi connectivity index (χ1) is 16.6. The largest absolute Gasteiger partial charge is 0.489 e. The van der Waals surface area contributed by atoms with Gasteiger partial charge in [-0.3, -0.25) is 14.3 Å². The summed E-state index contributed by atoms with van der Waals surface area (Å²) in [5.74, 6) is -0.759. The van der Waals surface area contributed by atoms with E-state index in [0.29, 0.717) is 16.3 Å². The molecule has 0 spiro atoms. The third-order valence-corrected chi connectivity index (χ3v) is 7.31. The number of nitrogens with zero attached hydrogens (tertiary/aromatic N) is 2. The number of ether oxygens (including phenoxy) is 1. The molecule has 0 saturated carbocycles. The van der Waals surface area contributed by atoms with Crippen LogP contribution in [-0.2, 0) is 14.8 Å². The van der Waals surface area contributed by atoms with Gasteiger partial charge in [0.25, 0.3) is 10.0 Å². The predicted molar refractivity (Wildman–Crippen MR) is 133 cm³/mol. The Labute approximate surface area is 211 Å². The van der Waals surface area contributed by atoms with E-state index in [4.69, 9.17) is 33.7 Å². The van der Waals surface area contributed by atoms with E-state index in [-0.39, 0.29) is 58.2 Å². The first kappa shape index (κ1) is 24.9. The van der Waals surface area contributed by atoms with Gasteiger partial charge in [0.15, 0.2) is 5.75 Å². The molecule has 12 heteroatoms. The number of aryl methyl sites for hydroxylation is 1. The molecule has 9 nitrogen and oxygen atoms in total. The number of fused-ring (bicyclic) bond motifs is 1. The Morgan fingerprint density at radius 3 is 2.69 bits per heavy atom. The maximum absolute atomic E-state index is 13.6. The SMILES string of the molecule is Cc1cc(S(=O)(=O)Nc2cc(Cl)cnc2C(=O)c2cccc3c2OCCN3C(=O)CN)ccc1Cl. The highest BCUT2D eigenvalue weighted by molar-refractivity contribution is 7.92. The van der Waals surface area contributed by atoms with Crippen molar-refractivity contribution in [1.29, 1.82) is 0 Å². The molecule has 1 aliphatic heterocycles. The number of nitrogens with two attached hydrogens (primary N) is 1. The lowest BCUT2D eigenvalue weighted by molar-refractivity contribution is -0.117. The second-order valence-electron chi connectivity index (χ2n) is 7.65. The molecule has 2 heterocycles. The topological polar surface area (TPSA) is 132 Å². The summed E-state index contributed by atoms with van der Waals surface area (Å²) in [5.41, 5.74) is 6.28. The lowest BCUT2D eigenvalue weighted by Crippen LogP contribution is -2.41. The van der Waals surface area contributed by atoms with Gasteiger partial charge in [0.1, 0.15) is 12.3 Å². The number of ketones is 1. The molecule has 0 saturated heterocycles. The maximum Gasteiger partial charge on any atom is 0.261 e. The van der Waals surface area contributed by atoms with E-state index < -0.39 is 15.8 Å². The Balaban J connectivity index is 1.76. The molecule has 35 heavy (non-hydrogen) atoms. The first-order valence-corrected chi connectivity index (χ1v) is 12.6. The van der Waals surface area contributed by atoms with Crippen molar-refractivity contribution in [3.63, 3.8) is 0 Å². The highest BCUT2D eigenvalue weighted by Crippen LogP contribution is 2.37. The summed E-state index contributed by atoms with van der Waals surface area (Å²) in [6, 6.07) is 10.3. The molecular formula is C23H20Cl2N4O5S. The van der Waals surface area contributed by atoms with Crippen molar-refractivity contribution < 1.29 is 22.7 Å². The number of amides is 1. The summed E-state index contributed by atoms with van der Waals surface area (Å²) in [6.45, 7) is 1.92. The summed E-state index contributed by atoms with van der Waals surface area (Å²) < 4.78 is 34.2. The first-order valence-electron chi connectivity index (χ1n) is 10.4. The molecule has 0 aliphatic carbocycles. The van der Waals surface area contributed by atoms with Crippen LogP contribution in [0.5, 0.6) is 5.75 Å². The Kier molecular flexibility index (Phi) is 7.00. The highest BCUT2D eigenvalue weighted by atomic mass is 35.5. The normalized spacial score (nSPS) is 13.1. The van der Waals surface area contributed by atoms with Gasteiger partial charge >= 0.3 is 0 Å². The van der Waals surface area contributed by atoms with Gasteiger partial charge in [-0.2, -0.15) is 0 Å². The Morgan fingerprint density at radius 2 is 1.97 bits per heavy atom. The number of hydrogen-bond donors (Lipinski definition) is 2. The molecule has 2 aromatic carbocycles. The zero-order valence-corrected chi connectivity index (χ0v) is 20.7. The van der Waals surface area contributed by atoms with Crippen molar-refractivity contribution in [3.8, 4) is 5.75 Å². The van der Waals surface area contributed by atoms with Crippen molar-refractivity contribution in [2.24, 2.45) is 5.73 Å². The molecule has 1 aliphatic rings. The number of hydrogen-bond acceptors (Lipinski definition) is 7. The zero-order valence-electron chi connectivity index (χ0n) is 18.4. The quantitative estimate of drug-likeness (QED) is 0.463. The molecule has 0 atom stereocenters. The van der Waals surface area contributed by atoms with E-state index in [1.54, 1.807) is 19.1 Å². The molecule has 182 valence electrons. The van der Waals surface area contributed by atoms with Crippen LogP contribution >= 0.6 is 23.2 Å². The van der Waals surface area contributed by atoms with Gasteiger partial charge in [-0.25, -0.2) is 13.4 Å². The van der Waals surface area contributed by atoms with Crippen LogP contribution in [0.4, 0.5) is 11.4 Å². The average Bonchev–Trinajstić information content (AvgIpc) is 2.84. The minimum absolute atomic E-state index is 0.0471. The number of para-hydroxylation sites is 1. The van der Waals surface area contributed by atoms with Crippen LogP contribution in [-0.4, -0.2) is 44.8 Å². The second-order valence-corrected chi connectivity index (χ2v) is 10.2. The van der Waals surface area contributed by atoms with E-state index >= 15 is 0 Å². The minimum atomic E-state index is -4.11. The Morgan fingerprint density at radius 1 is 1.20 bits per heavy atom. The van der Waals surface area contributed by atoms with Crippen molar-refractivity contribution in [2.45, 2.75) is 11.8 Å². The van der Waals surface area contributed by atoms with Crippen molar-refractivity contribution >= 4 is 56.3 Å². The average molecular weight is 535 g/mol. The second kappa shape index (κ2) is 9.82. The molecule has 0 bridgehead atoms. The number of pyridine rings is 1. The zero-order chi connectivity index (χ0) is 25.3. The van der Waals surface area contributed by atoms with Crippen molar-refractivity contribution in [1.82, 2.24) is 4.98 Å². The van der Waals surface area contributed by atoms with Crippen LogP contribution in [0.3, 0.4) is 0 Å². The van der Waals surface area contributed by atoms with E-state index in [0.717, 1.165) is 0 Å². The van der Waals surface area contributed by atoms with Crippen LogP contribution < -0.4 is 20.1 Å². The molecule has 1 amide bonds. The minimum Gasteiger partial charge on any atom is -0.489 e. The number of carbonyl (C=O) groups excluding carboxylic acids is 2. The molecule has 4 rings (SSSR count).